The van der Waals surface area contributed by atoms with Gasteiger partial charge >= 0.3 is 0 Å². The van der Waals surface area contributed by atoms with Gasteiger partial charge in [0.25, 0.3) is 0 Å². The first kappa shape index (κ1) is 15.1. The van der Waals surface area contributed by atoms with Gasteiger partial charge in [-0.05, 0) is 32.1 Å². The SMILES string of the molecule is CC1CN(C(=O)C=Cc2c(Cl)nc3ccccn23)CC(C)O1. The fourth-order valence-corrected chi connectivity index (χ4v) is 2.99. The maximum Gasteiger partial charge on any atom is 0.246 e. The third kappa shape index (κ3) is 3.00. The zero-order valence-corrected chi connectivity index (χ0v) is 13.3. The molecule has 1 amide bonds. The normalized spacial score (nSPS) is 22.6. The molecule has 0 aliphatic carbocycles. The number of morpholine rings is 1. The Labute approximate surface area is 134 Å². The molecule has 1 aliphatic rings. The Bertz CT molecular complexity index is 715. The van der Waals surface area contributed by atoms with Crippen LogP contribution in [0.25, 0.3) is 11.7 Å². The molecule has 0 radical (unpaired) electrons. The highest BCUT2D eigenvalue weighted by molar-refractivity contribution is 6.31. The Morgan fingerprint density at radius 3 is 2.82 bits per heavy atom. The van der Waals surface area contributed by atoms with Gasteiger partial charge in [-0.15, -0.1) is 0 Å². The van der Waals surface area contributed by atoms with E-state index in [-0.39, 0.29) is 18.1 Å². The van der Waals surface area contributed by atoms with Crippen molar-refractivity contribution in [3.63, 3.8) is 0 Å². The molecule has 2 aromatic heterocycles. The van der Waals surface area contributed by atoms with E-state index in [1.165, 1.54) is 0 Å². The quantitative estimate of drug-likeness (QED) is 0.799. The van der Waals surface area contributed by atoms with E-state index in [1.54, 1.807) is 17.1 Å². The molecule has 0 aromatic carbocycles. The van der Waals surface area contributed by atoms with E-state index in [9.17, 15) is 4.79 Å². The number of imidazole rings is 1. The van der Waals surface area contributed by atoms with Crippen molar-refractivity contribution < 1.29 is 9.53 Å². The molecular formula is C16H18ClN3O2. The second-order valence-electron chi connectivity index (χ2n) is 5.55. The molecule has 116 valence electrons. The largest absolute Gasteiger partial charge is 0.372 e. The topological polar surface area (TPSA) is 46.8 Å². The van der Waals surface area contributed by atoms with E-state index in [2.05, 4.69) is 4.98 Å². The third-order valence-corrected chi connectivity index (χ3v) is 3.92. The summed E-state index contributed by atoms with van der Waals surface area (Å²) in [6.07, 6.45) is 5.25. The summed E-state index contributed by atoms with van der Waals surface area (Å²) in [7, 11) is 0. The number of amides is 1. The van der Waals surface area contributed by atoms with Gasteiger partial charge in [-0.3, -0.25) is 9.20 Å². The van der Waals surface area contributed by atoms with Crippen molar-refractivity contribution >= 4 is 29.2 Å². The number of fused-ring (bicyclic) bond motifs is 1. The summed E-state index contributed by atoms with van der Waals surface area (Å²) in [5, 5.41) is 0.388. The van der Waals surface area contributed by atoms with E-state index >= 15 is 0 Å². The Kier molecular flexibility index (Phi) is 4.18. The second kappa shape index (κ2) is 6.10. The molecule has 5 nitrogen and oxygen atoms in total. The molecule has 0 saturated carbocycles. The van der Waals surface area contributed by atoms with E-state index < -0.39 is 0 Å². The molecule has 0 N–H and O–H groups in total. The number of halogens is 1. The van der Waals surface area contributed by atoms with Crippen LogP contribution in [-0.4, -0.2) is 45.5 Å². The van der Waals surface area contributed by atoms with Crippen LogP contribution in [0.3, 0.4) is 0 Å². The predicted molar refractivity (Wildman–Crippen MR) is 85.8 cm³/mol. The highest BCUT2D eigenvalue weighted by Crippen LogP contribution is 2.19. The summed E-state index contributed by atoms with van der Waals surface area (Å²) in [4.78, 5) is 18.4. The molecule has 6 heteroatoms. The summed E-state index contributed by atoms with van der Waals surface area (Å²) in [6, 6.07) is 5.67. The Morgan fingerprint density at radius 2 is 2.09 bits per heavy atom. The van der Waals surface area contributed by atoms with Gasteiger partial charge in [-0.25, -0.2) is 4.98 Å². The highest BCUT2D eigenvalue weighted by Gasteiger charge is 2.24. The minimum Gasteiger partial charge on any atom is -0.372 e. The molecule has 2 aromatic rings. The number of nitrogens with zero attached hydrogens (tertiary/aromatic N) is 3. The van der Waals surface area contributed by atoms with Gasteiger partial charge in [0.05, 0.1) is 17.9 Å². The van der Waals surface area contributed by atoms with Crippen molar-refractivity contribution in [2.24, 2.45) is 0 Å². The second-order valence-corrected chi connectivity index (χ2v) is 5.91. The number of aromatic nitrogens is 2. The Morgan fingerprint density at radius 1 is 1.36 bits per heavy atom. The lowest BCUT2D eigenvalue weighted by Crippen LogP contribution is -2.47. The van der Waals surface area contributed by atoms with Crippen molar-refractivity contribution in [3.8, 4) is 0 Å². The highest BCUT2D eigenvalue weighted by atomic mass is 35.5. The molecule has 1 aliphatic heterocycles. The van der Waals surface area contributed by atoms with Gasteiger partial charge in [0.15, 0.2) is 5.15 Å². The number of pyridine rings is 1. The molecule has 1 saturated heterocycles. The average molecular weight is 320 g/mol. The fraction of sp³-hybridized carbons (Fsp3) is 0.375. The van der Waals surface area contributed by atoms with Gasteiger partial charge in [0, 0.05) is 25.4 Å². The first-order valence-corrected chi connectivity index (χ1v) is 7.67. The first-order valence-electron chi connectivity index (χ1n) is 7.29. The Balaban J connectivity index is 1.80. The molecule has 3 heterocycles. The van der Waals surface area contributed by atoms with Gasteiger partial charge in [0.2, 0.25) is 5.91 Å². The molecule has 2 unspecified atom stereocenters. The number of carbonyl (C=O) groups excluding carboxylic acids is 1. The lowest BCUT2D eigenvalue weighted by molar-refractivity contribution is -0.137. The van der Waals surface area contributed by atoms with Gasteiger partial charge < -0.3 is 9.64 Å². The molecule has 3 rings (SSSR count). The molecule has 0 spiro atoms. The lowest BCUT2D eigenvalue weighted by atomic mass is 10.2. The van der Waals surface area contributed by atoms with E-state index in [0.29, 0.717) is 23.9 Å². The molecule has 22 heavy (non-hydrogen) atoms. The number of rotatable bonds is 2. The van der Waals surface area contributed by atoms with Gasteiger partial charge in [-0.1, -0.05) is 17.7 Å². The van der Waals surface area contributed by atoms with Crippen LogP contribution in [0.4, 0.5) is 0 Å². The number of hydrogen-bond donors (Lipinski definition) is 0. The van der Waals surface area contributed by atoms with Crippen LogP contribution in [-0.2, 0) is 9.53 Å². The van der Waals surface area contributed by atoms with Crippen LogP contribution in [0, 0.1) is 0 Å². The van der Waals surface area contributed by atoms with Crippen LogP contribution in [0.2, 0.25) is 5.15 Å². The molecule has 0 bridgehead atoms. The summed E-state index contributed by atoms with van der Waals surface area (Å²) >= 11 is 6.16. The smallest absolute Gasteiger partial charge is 0.246 e. The van der Waals surface area contributed by atoms with Crippen molar-refractivity contribution in [3.05, 3.63) is 41.3 Å². The van der Waals surface area contributed by atoms with Crippen molar-refractivity contribution in [2.75, 3.05) is 13.1 Å². The number of carbonyl (C=O) groups is 1. The standard InChI is InChI=1S/C16H18ClN3O2/c1-11-9-19(10-12(2)22-11)15(21)7-6-13-16(17)18-14-5-3-4-8-20(13)14/h3-8,11-12H,9-10H2,1-2H3. The fourth-order valence-electron chi connectivity index (χ4n) is 2.75. The van der Waals surface area contributed by atoms with E-state index in [0.717, 1.165) is 5.65 Å². The maximum atomic E-state index is 12.3. The van der Waals surface area contributed by atoms with Crippen LogP contribution in [0.5, 0.6) is 0 Å². The Hall–Kier alpha value is -1.85. The van der Waals surface area contributed by atoms with E-state index in [4.69, 9.17) is 16.3 Å². The van der Waals surface area contributed by atoms with Gasteiger partial charge in [0.1, 0.15) is 5.65 Å². The maximum absolute atomic E-state index is 12.3. The van der Waals surface area contributed by atoms with Crippen LogP contribution >= 0.6 is 11.6 Å². The summed E-state index contributed by atoms with van der Waals surface area (Å²) in [5.41, 5.74) is 1.47. The van der Waals surface area contributed by atoms with Crippen molar-refractivity contribution in [1.29, 1.82) is 0 Å². The first-order chi connectivity index (χ1) is 10.5. The summed E-state index contributed by atoms with van der Waals surface area (Å²) in [6.45, 7) is 5.16. The van der Waals surface area contributed by atoms with Crippen LogP contribution in [0.15, 0.2) is 30.5 Å². The van der Waals surface area contributed by atoms with Crippen molar-refractivity contribution in [2.45, 2.75) is 26.1 Å². The van der Waals surface area contributed by atoms with Crippen LogP contribution in [0.1, 0.15) is 19.5 Å². The van der Waals surface area contributed by atoms with Crippen molar-refractivity contribution in [1.82, 2.24) is 14.3 Å². The van der Waals surface area contributed by atoms with Crippen LogP contribution < -0.4 is 0 Å². The minimum absolute atomic E-state index is 0.0380. The third-order valence-electron chi connectivity index (χ3n) is 3.64. The summed E-state index contributed by atoms with van der Waals surface area (Å²) in [5.74, 6) is -0.0380. The number of ether oxygens (including phenoxy) is 1. The number of hydrogen-bond acceptors (Lipinski definition) is 3. The van der Waals surface area contributed by atoms with Gasteiger partial charge in [-0.2, -0.15) is 0 Å². The monoisotopic (exact) mass is 319 g/mol. The molecule has 2 atom stereocenters. The average Bonchev–Trinajstić information content (AvgIpc) is 2.79. The zero-order valence-electron chi connectivity index (χ0n) is 12.6. The zero-order chi connectivity index (χ0) is 15.7. The summed E-state index contributed by atoms with van der Waals surface area (Å²) < 4.78 is 7.50. The molecular weight excluding hydrogens is 302 g/mol. The predicted octanol–water partition coefficient (Wildman–Crippen LogP) is 2.64. The lowest BCUT2D eigenvalue weighted by Gasteiger charge is -2.34. The molecule has 1 fully saturated rings. The minimum atomic E-state index is -0.0380. The van der Waals surface area contributed by atoms with E-state index in [1.807, 2.05) is 42.6 Å².